The van der Waals surface area contributed by atoms with Crippen LogP contribution < -0.4 is 5.32 Å². The molecular weight excluding hydrogens is 288 g/mol. The van der Waals surface area contributed by atoms with E-state index in [-0.39, 0.29) is 5.91 Å². The Hall–Kier alpha value is -1.90. The summed E-state index contributed by atoms with van der Waals surface area (Å²) in [4.78, 5) is 17.1. The van der Waals surface area contributed by atoms with E-state index in [1.165, 1.54) is 0 Å². The minimum absolute atomic E-state index is 0.109. The van der Waals surface area contributed by atoms with Gasteiger partial charge in [-0.1, -0.05) is 19.9 Å². The minimum atomic E-state index is -0.109. The average molecular weight is 314 g/mol. The van der Waals surface area contributed by atoms with Gasteiger partial charge in [0.2, 0.25) is 0 Å². The second kappa shape index (κ2) is 8.09. The van der Waals surface area contributed by atoms with Crippen LogP contribution in [0.4, 0.5) is 0 Å². The van der Waals surface area contributed by atoms with Crippen LogP contribution in [-0.2, 0) is 0 Å². The van der Waals surface area contributed by atoms with Gasteiger partial charge in [0, 0.05) is 44.3 Å². The van der Waals surface area contributed by atoms with Crippen LogP contribution in [-0.4, -0.2) is 61.5 Å². The zero-order chi connectivity index (χ0) is 16.8. The highest BCUT2D eigenvalue weighted by atomic mass is 16.1. The highest BCUT2D eigenvalue weighted by Gasteiger charge is 2.25. The van der Waals surface area contributed by atoms with Crippen molar-refractivity contribution in [3.05, 3.63) is 35.4 Å². The van der Waals surface area contributed by atoms with E-state index in [0.717, 1.165) is 26.2 Å². The monoisotopic (exact) mass is 314 g/mol. The lowest BCUT2D eigenvalue weighted by Crippen LogP contribution is -2.54. The maximum atomic E-state index is 12.3. The molecule has 1 fully saturated rings. The third-order valence-electron chi connectivity index (χ3n) is 4.50. The second-order valence-electron chi connectivity index (χ2n) is 6.55. The number of nitriles is 1. The first-order valence-electron chi connectivity index (χ1n) is 8.22. The molecule has 1 aromatic carbocycles. The van der Waals surface area contributed by atoms with Crippen LogP contribution in [0.25, 0.3) is 0 Å². The predicted octanol–water partition coefficient (Wildman–Crippen LogP) is 1.56. The molecule has 5 nitrogen and oxygen atoms in total. The van der Waals surface area contributed by atoms with E-state index in [1.54, 1.807) is 24.3 Å². The molecular formula is C18H26N4O. The number of carbonyl (C=O) groups excluding carboxylic acids is 1. The van der Waals surface area contributed by atoms with Gasteiger partial charge in [-0.15, -0.1) is 0 Å². The summed E-state index contributed by atoms with van der Waals surface area (Å²) in [6, 6.07) is 9.24. The van der Waals surface area contributed by atoms with Crippen LogP contribution in [0.5, 0.6) is 0 Å². The minimum Gasteiger partial charge on any atom is -0.350 e. The molecule has 1 N–H and O–H groups in total. The molecule has 1 atom stereocenters. The van der Waals surface area contributed by atoms with Gasteiger partial charge in [-0.25, -0.2) is 0 Å². The lowest BCUT2D eigenvalue weighted by atomic mass is 10.0. The van der Waals surface area contributed by atoms with E-state index in [2.05, 4.69) is 42.1 Å². The van der Waals surface area contributed by atoms with E-state index in [0.29, 0.717) is 29.6 Å². The SMILES string of the molecule is CC(C)C(CNC(=O)c1cccc(C#N)c1)N1CCN(C)CC1. The van der Waals surface area contributed by atoms with Gasteiger partial charge < -0.3 is 10.2 Å². The predicted molar refractivity (Wildman–Crippen MR) is 91.2 cm³/mol. The lowest BCUT2D eigenvalue weighted by molar-refractivity contribution is 0.0791. The Morgan fingerprint density at radius 2 is 2.00 bits per heavy atom. The first kappa shape index (κ1) is 17.5. The first-order valence-corrected chi connectivity index (χ1v) is 8.22. The second-order valence-corrected chi connectivity index (χ2v) is 6.55. The van der Waals surface area contributed by atoms with Gasteiger partial charge in [-0.05, 0) is 31.2 Å². The molecule has 1 heterocycles. The van der Waals surface area contributed by atoms with Crippen molar-refractivity contribution in [2.45, 2.75) is 19.9 Å². The number of hydrogen-bond donors (Lipinski definition) is 1. The molecule has 1 aliphatic heterocycles. The van der Waals surface area contributed by atoms with Crippen LogP contribution in [0.15, 0.2) is 24.3 Å². The Morgan fingerprint density at radius 3 is 2.61 bits per heavy atom. The third-order valence-corrected chi connectivity index (χ3v) is 4.50. The number of rotatable bonds is 5. The number of nitrogens with zero attached hydrogens (tertiary/aromatic N) is 3. The summed E-state index contributed by atoms with van der Waals surface area (Å²) in [6.07, 6.45) is 0. The van der Waals surface area contributed by atoms with E-state index >= 15 is 0 Å². The summed E-state index contributed by atoms with van der Waals surface area (Å²) in [5.41, 5.74) is 1.06. The van der Waals surface area contributed by atoms with Crippen LogP contribution in [0.2, 0.25) is 0 Å². The van der Waals surface area contributed by atoms with Crippen molar-refractivity contribution >= 4 is 5.91 Å². The maximum Gasteiger partial charge on any atom is 0.251 e. The summed E-state index contributed by atoms with van der Waals surface area (Å²) >= 11 is 0. The van der Waals surface area contributed by atoms with Gasteiger partial charge in [0.05, 0.1) is 11.6 Å². The molecule has 2 rings (SSSR count). The number of amides is 1. The molecule has 5 heteroatoms. The number of nitrogens with one attached hydrogen (secondary N) is 1. The van der Waals surface area contributed by atoms with Crippen molar-refractivity contribution in [1.82, 2.24) is 15.1 Å². The molecule has 1 unspecified atom stereocenters. The summed E-state index contributed by atoms with van der Waals surface area (Å²) in [5, 5.41) is 12.0. The summed E-state index contributed by atoms with van der Waals surface area (Å²) < 4.78 is 0. The van der Waals surface area contributed by atoms with Gasteiger partial charge in [-0.3, -0.25) is 9.69 Å². The normalized spacial score (nSPS) is 17.7. The van der Waals surface area contributed by atoms with E-state index in [9.17, 15) is 4.79 Å². The molecule has 0 bridgehead atoms. The summed E-state index contributed by atoms with van der Waals surface area (Å²) in [7, 11) is 2.14. The zero-order valence-electron chi connectivity index (χ0n) is 14.2. The van der Waals surface area contributed by atoms with Gasteiger partial charge in [-0.2, -0.15) is 5.26 Å². The molecule has 23 heavy (non-hydrogen) atoms. The number of carbonyl (C=O) groups is 1. The molecule has 1 aromatic rings. The zero-order valence-corrected chi connectivity index (χ0v) is 14.2. The largest absolute Gasteiger partial charge is 0.350 e. The Labute approximate surface area is 138 Å². The van der Waals surface area contributed by atoms with Crippen molar-refractivity contribution in [2.24, 2.45) is 5.92 Å². The smallest absolute Gasteiger partial charge is 0.251 e. The fourth-order valence-electron chi connectivity index (χ4n) is 2.97. The molecule has 1 saturated heterocycles. The van der Waals surface area contributed by atoms with Gasteiger partial charge in [0.1, 0.15) is 0 Å². The van der Waals surface area contributed by atoms with Gasteiger partial charge in [0.25, 0.3) is 5.91 Å². The molecule has 0 aliphatic carbocycles. The van der Waals surface area contributed by atoms with Crippen molar-refractivity contribution in [3.8, 4) is 6.07 Å². The maximum absolute atomic E-state index is 12.3. The van der Waals surface area contributed by atoms with Crippen molar-refractivity contribution < 1.29 is 4.79 Å². The highest BCUT2D eigenvalue weighted by molar-refractivity contribution is 5.94. The van der Waals surface area contributed by atoms with Crippen molar-refractivity contribution in [2.75, 3.05) is 39.8 Å². The van der Waals surface area contributed by atoms with E-state index in [4.69, 9.17) is 5.26 Å². The molecule has 0 spiro atoms. The Bertz CT molecular complexity index is 571. The average Bonchev–Trinajstić information content (AvgIpc) is 2.56. The van der Waals surface area contributed by atoms with Crippen molar-refractivity contribution in [1.29, 1.82) is 5.26 Å². The fraction of sp³-hybridized carbons (Fsp3) is 0.556. The van der Waals surface area contributed by atoms with E-state index < -0.39 is 0 Å². The first-order chi connectivity index (χ1) is 11.0. The molecule has 0 radical (unpaired) electrons. The lowest BCUT2D eigenvalue weighted by Gasteiger charge is -2.39. The standard InChI is InChI=1S/C18H26N4O/c1-14(2)17(22-9-7-21(3)8-10-22)13-20-18(23)16-6-4-5-15(11-16)12-19/h4-6,11,14,17H,7-10,13H2,1-3H3,(H,20,23). The Balaban J connectivity index is 1.95. The molecule has 1 amide bonds. The quantitative estimate of drug-likeness (QED) is 0.896. The van der Waals surface area contributed by atoms with Crippen LogP contribution in [0, 0.1) is 17.2 Å². The number of likely N-dealkylation sites (N-methyl/N-ethyl adjacent to an activating group) is 1. The molecule has 124 valence electrons. The Kier molecular flexibility index (Phi) is 6.14. The molecule has 1 aliphatic rings. The number of benzene rings is 1. The fourth-order valence-corrected chi connectivity index (χ4v) is 2.97. The number of piperazine rings is 1. The van der Waals surface area contributed by atoms with E-state index in [1.807, 2.05) is 0 Å². The molecule has 0 saturated carbocycles. The highest BCUT2D eigenvalue weighted by Crippen LogP contribution is 2.13. The topological polar surface area (TPSA) is 59.4 Å². The molecule has 0 aromatic heterocycles. The van der Waals surface area contributed by atoms with Gasteiger partial charge >= 0.3 is 0 Å². The summed E-state index contributed by atoms with van der Waals surface area (Å²) in [5.74, 6) is 0.367. The van der Waals surface area contributed by atoms with Crippen molar-refractivity contribution in [3.63, 3.8) is 0 Å². The Morgan fingerprint density at radius 1 is 1.30 bits per heavy atom. The van der Waals surface area contributed by atoms with Crippen LogP contribution in [0.3, 0.4) is 0 Å². The summed E-state index contributed by atoms with van der Waals surface area (Å²) in [6.45, 7) is 9.26. The van der Waals surface area contributed by atoms with Crippen LogP contribution >= 0.6 is 0 Å². The van der Waals surface area contributed by atoms with Gasteiger partial charge in [0.15, 0.2) is 0 Å². The third kappa shape index (κ3) is 4.78. The number of hydrogen-bond acceptors (Lipinski definition) is 4. The van der Waals surface area contributed by atoms with Crippen LogP contribution in [0.1, 0.15) is 29.8 Å².